The Kier molecular flexibility index (Phi) is 6.21. The lowest BCUT2D eigenvalue weighted by Crippen LogP contribution is -2.41. The van der Waals surface area contributed by atoms with Crippen LogP contribution in [0.5, 0.6) is 0 Å². The van der Waals surface area contributed by atoms with E-state index in [-0.39, 0.29) is 31.8 Å². The van der Waals surface area contributed by atoms with E-state index in [1.807, 2.05) is 0 Å². The lowest BCUT2D eigenvalue weighted by atomic mass is 9.97. The van der Waals surface area contributed by atoms with E-state index in [9.17, 15) is 26.4 Å². The highest BCUT2D eigenvalue weighted by molar-refractivity contribution is 7.89. The van der Waals surface area contributed by atoms with Crippen molar-refractivity contribution in [3.05, 3.63) is 66.6 Å². The fraction of sp³-hybridized carbons (Fsp3) is 0.286. The Morgan fingerprint density at radius 2 is 1.82 bits per heavy atom. The molecule has 0 bridgehead atoms. The molecule has 0 atom stereocenters. The van der Waals surface area contributed by atoms with E-state index in [2.05, 4.69) is 15.4 Å². The molecule has 1 amide bonds. The fourth-order valence-electron chi connectivity index (χ4n) is 3.65. The summed E-state index contributed by atoms with van der Waals surface area (Å²) in [6, 6.07) is 8.76. The van der Waals surface area contributed by atoms with Crippen LogP contribution in [0.25, 0.3) is 5.82 Å². The van der Waals surface area contributed by atoms with Gasteiger partial charge < -0.3 is 5.32 Å². The van der Waals surface area contributed by atoms with Crippen molar-refractivity contribution in [3.8, 4) is 5.82 Å². The highest BCUT2D eigenvalue weighted by Crippen LogP contribution is 2.32. The Balaban J connectivity index is 1.43. The van der Waals surface area contributed by atoms with Crippen LogP contribution in [0.3, 0.4) is 0 Å². The van der Waals surface area contributed by atoms with Gasteiger partial charge in [0.2, 0.25) is 15.9 Å². The Morgan fingerprint density at radius 3 is 2.48 bits per heavy atom. The standard InChI is InChI=1S/C21H20F3N5O3S/c22-21(23,24)16-4-1-5-17(14-16)33(31,32)28-12-7-15(8-13-28)20(30)27-18-6-2-9-25-19(18)29-11-3-10-26-29/h1-6,9-11,14-15H,7-8,12-13H2,(H,27,30). The van der Waals surface area contributed by atoms with Crippen LogP contribution in [0.15, 0.2) is 66.0 Å². The lowest BCUT2D eigenvalue weighted by Gasteiger charge is -2.30. The monoisotopic (exact) mass is 479 g/mol. The molecule has 1 aliphatic rings. The number of carbonyl (C=O) groups excluding carboxylic acids is 1. The Bertz CT molecular complexity index is 1240. The number of piperidine rings is 1. The minimum atomic E-state index is -4.64. The quantitative estimate of drug-likeness (QED) is 0.606. The van der Waals surface area contributed by atoms with Crippen molar-refractivity contribution >= 4 is 21.6 Å². The maximum atomic E-state index is 13.0. The molecule has 0 unspecified atom stereocenters. The number of carbonyl (C=O) groups is 1. The van der Waals surface area contributed by atoms with Crippen molar-refractivity contribution in [1.82, 2.24) is 19.1 Å². The zero-order valence-corrected chi connectivity index (χ0v) is 18.1. The van der Waals surface area contributed by atoms with E-state index >= 15 is 0 Å². The van der Waals surface area contributed by atoms with Crippen molar-refractivity contribution in [1.29, 1.82) is 0 Å². The van der Waals surface area contributed by atoms with Crippen LogP contribution in [0, 0.1) is 5.92 Å². The zero-order chi connectivity index (χ0) is 23.6. The molecule has 0 saturated carbocycles. The second-order valence-electron chi connectivity index (χ2n) is 7.52. The number of pyridine rings is 1. The van der Waals surface area contributed by atoms with Gasteiger partial charge in [-0.25, -0.2) is 18.1 Å². The van der Waals surface area contributed by atoms with Gasteiger partial charge in [-0.2, -0.15) is 22.6 Å². The van der Waals surface area contributed by atoms with Gasteiger partial charge in [0.25, 0.3) is 0 Å². The Hall–Kier alpha value is -3.25. The second kappa shape index (κ2) is 8.94. The normalized spacial score (nSPS) is 16.0. The van der Waals surface area contributed by atoms with Gasteiger partial charge in [-0.15, -0.1) is 0 Å². The number of amides is 1. The summed E-state index contributed by atoms with van der Waals surface area (Å²) in [7, 11) is -4.11. The number of aromatic nitrogens is 3. The van der Waals surface area contributed by atoms with Gasteiger partial charge in [0.1, 0.15) is 0 Å². The number of nitrogens with zero attached hydrogens (tertiary/aromatic N) is 4. The maximum Gasteiger partial charge on any atom is 0.416 e. The first-order valence-corrected chi connectivity index (χ1v) is 11.5. The van der Waals surface area contributed by atoms with Gasteiger partial charge in [0.15, 0.2) is 5.82 Å². The first-order chi connectivity index (χ1) is 15.7. The molecular formula is C21H20F3N5O3S. The molecule has 12 heteroatoms. The molecule has 3 aromatic rings. The minimum Gasteiger partial charge on any atom is -0.323 e. The third-order valence-electron chi connectivity index (χ3n) is 5.39. The third-order valence-corrected chi connectivity index (χ3v) is 7.28. The molecule has 1 aromatic carbocycles. The molecule has 3 heterocycles. The average molecular weight is 479 g/mol. The van der Waals surface area contributed by atoms with Gasteiger partial charge in [-0.05, 0) is 49.2 Å². The molecular weight excluding hydrogens is 459 g/mol. The van der Waals surface area contributed by atoms with Crippen molar-refractivity contribution in [2.75, 3.05) is 18.4 Å². The minimum absolute atomic E-state index is 0.0235. The molecule has 0 radical (unpaired) electrons. The summed E-state index contributed by atoms with van der Waals surface area (Å²) < 4.78 is 67.2. The average Bonchev–Trinajstić information content (AvgIpc) is 3.34. The molecule has 33 heavy (non-hydrogen) atoms. The van der Waals surface area contributed by atoms with Crippen LogP contribution in [-0.2, 0) is 21.0 Å². The summed E-state index contributed by atoms with van der Waals surface area (Å²) in [5.41, 5.74) is -0.562. The second-order valence-corrected chi connectivity index (χ2v) is 9.46. The zero-order valence-electron chi connectivity index (χ0n) is 17.2. The third kappa shape index (κ3) is 4.91. The number of hydrogen-bond acceptors (Lipinski definition) is 5. The Morgan fingerprint density at radius 1 is 1.06 bits per heavy atom. The topological polar surface area (TPSA) is 97.2 Å². The van der Waals surface area contributed by atoms with Crippen LogP contribution >= 0.6 is 0 Å². The van der Waals surface area contributed by atoms with Crippen LogP contribution < -0.4 is 5.32 Å². The Labute approximate surface area is 188 Å². The van der Waals surface area contributed by atoms with Crippen LogP contribution in [0.4, 0.5) is 18.9 Å². The van der Waals surface area contributed by atoms with E-state index < -0.39 is 32.6 Å². The van der Waals surface area contributed by atoms with E-state index in [1.54, 1.807) is 36.8 Å². The largest absolute Gasteiger partial charge is 0.416 e. The maximum absolute atomic E-state index is 13.0. The summed E-state index contributed by atoms with van der Waals surface area (Å²) in [5.74, 6) is -0.295. The molecule has 1 N–H and O–H groups in total. The molecule has 4 rings (SSSR count). The molecule has 1 aliphatic heterocycles. The van der Waals surface area contributed by atoms with E-state index in [1.165, 1.54) is 4.68 Å². The number of hydrogen-bond donors (Lipinski definition) is 1. The molecule has 0 aliphatic carbocycles. The lowest BCUT2D eigenvalue weighted by molar-refractivity contribution is -0.137. The molecule has 1 fully saturated rings. The first kappa shape index (κ1) is 22.9. The summed E-state index contributed by atoms with van der Waals surface area (Å²) in [6.07, 6.45) is 0.681. The fourth-order valence-corrected chi connectivity index (χ4v) is 5.16. The van der Waals surface area contributed by atoms with Gasteiger partial charge in [0, 0.05) is 37.6 Å². The molecule has 2 aromatic heterocycles. The number of benzene rings is 1. The van der Waals surface area contributed by atoms with Crippen molar-refractivity contribution in [2.45, 2.75) is 23.9 Å². The summed E-state index contributed by atoms with van der Waals surface area (Å²) >= 11 is 0. The van der Waals surface area contributed by atoms with Gasteiger partial charge >= 0.3 is 6.18 Å². The summed E-state index contributed by atoms with van der Waals surface area (Å²) in [6.45, 7) is 0.0471. The smallest absolute Gasteiger partial charge is 0.323 e. The molecule has 174 valence electrons. The number of halogens is 3. The number of anilines is 1. The van der Waals surface area contributed by atoms with Gasteiger partial charge in [0.05, 0.1) is 16.1 Å². The van der Waals surface area contributed by atoms with Gasteiger partial charge in [-0.3, -0.25) is 4.79 Å². The predicted molar refractivity (Wildman–Crippen MR) is 113 cm³/mol. The summed E-state index contributed by atoms with van der Waals surface area (Å²) in [5, 5.41) is 6.94. The number of alkyl halides is 3. The molecule has 1 saturated heterocycles. The van der Waals surface area contributed by atoms with Crippen LogP contribution in [-0.4, -0.2) is 46.5 Å². The highest BCUT2D eigenvalue weighted by atomic mass is 32.2. The first-order valence-electron chi connectivity index (χ1n) is 10.1. The van der Waals surface area contributed by atoms with Crippen molar-refractivity contribution in [2.24, 2.45) is 5.92 Å². The predicted octanol–water partition coefficient (Wildman–Crippen LogP) is 3.33. The molecule has 8 nitrogen and oxygen atoms in total. The number of sulfonamides is 1. The highest BCUT2D eigenvalue weighted by Gasteiger charge is 2.35. The van der Waals surface area contributed by atoms with Crippen molar-refractivity contribution in [3.63, 3.8) is 0 Å². The SMILES string of the molecule is O=C(Nc1cccnc1-n1cccn1)C1CCN(S(=O)(=O)c2cccc(C(F)(F)F)c2)CC1. The van der Waals surface area contributed by atoms with Crippen LogP contribution in [0.1, 0.15) is 18.4 Å². The number of nitrogens with one attached hydrogen (secondary N) is 1. The summed E-state index contributed by atoms with van der Waals surface area (Å²) in [4.78, 5) is 16.6. The van der Waals surface area contributed by atoms with Crippen LogP contribution in [0.2, 0.25) is 0 Å². The van der Waals surface area contributed by atoms with Crippen molar-refractivity contribution < 1.29 is 26.4 Å². The van der Waals surface area contributed by atoms with Gasteiger partial charge in [-0.1, -0.05) is 6.07 Å². The van der Waals surface area contributed by atoms with E-state index in [4.69, 9.17) is 0 Å². The van der Waals surface area contributed by atoms with E-state index in [0.717, 1.165) is 22.5 Å². The number of rotatable bonds is 5. The molecule has 0 spiro atoms. The van der Waals surface area contributed by atoms with E-state index in [0.29, 0.717) is 17.6 Å².